The molecular weight excluding hydrogens is 390 g/mol. The van der Waals surface area contributed by atoms with Crippen LogP contribution in [0.25, 0.3) is 11.3 Å². The third-order valence-electron chi connectivity index (χ3n) is 5.61. The van der Waals surface area contributed by atoms with Gasteiger partial charge in [0.05, 0.1) is 25.5 Å². The first kappa shape index (κ1) is 23.1. The summed E-state index contributed by atoms with van der Waals surface area (Å²) in [4.78, 5) is 0. The molecule has 0 radical (unpaired) electrons. The second-order valence-corrected chi connectivity index (χ2v) is 8.99. The van der Waals surface area contributed by atoms with Gasteiger partial charge in [-0.2, -0.15) is 10.4 Å². The van der Waals surface area contributed by atoms with Crippen LogP contribution in [0, 0.1) is 25.2 Å². The fourth-order valence-corrected chi connectivity index (χ4v) is 3.68. The first-order valence-corrected chi connectivity index (χ1v) is 10.8. The Bertz CT molecular complexity index is 969. The maximum absolute atomic E-state index is 10.1. The minimum atomic E-state index is -0.263. The monoisotopic (exact) mass is 423 g/mol. The minimum absolute atomic E-state index is 0.0457. The Morgan fingerprint density at radius 3 is 2.35 bits per heavy atom. The predicted octanol–water partition coefficient (Wildman–Crippen LogP) is 4.90. The molecule has 1 aromatic heterocycles. The molecule has 1 fully saturated rings. The molecule has 0 unspecified atom stereocenters. The zero-order valence-corrected chi connectivity index (χ0v) is 19.5. The van der Waals surface area contributed by atoms with Crippen molar-refractivity contribution in [2.24, 2.45) is 7.05 Å². The summed E-state index contributed by atoms with van der Waals surface area (Å²) < 4.78 is 19.3. The third-order valence-corrected chi connectivity index (χ3v) is 5.61. The van der Waals surface area contributed by atoms with Crippen LogP contribution in [0.5, 0.6) is 0 Å². The molecule has 6 nitrogen and oxygen atoms in total. The number of aromatic nitrogens is 2. The van der Waals surface area contributed by atoms with Crippen molar-refractivity contribution in [3.8, 4) is 6.07 Å². The number of aryl methyl sites for hydroxylation is 2. The smallest absolute Gasteiger partial charge is 0.163 e. The van der Waals surface area contributed by atoms with Gasteiger partial charge in [-0.3, -0.25) is 4.68 Å². The third kappa shape index (κ3) is 5.36. The van der Waals surface area contributed by atoms with E-state index in [2.05, 4.69) is 44.1 Å². The fraction of sp³-hybridized carbons (Fsp3) is 0.520. The number of nitriles is 1. The Labute approximate surface area is 185 Å². The highest BCUT2D eigenvalue weighted by Gasteiger charge is 2.23. The van der Waals surface area contributed by atoms with Gasteiger partial charge in [-0.15, -0.1) is 0 Å². The molecular formula is C25H33N3O3. The number of allylic oxidation sites excluding steroid dienone is 1. The molecule has 2 heterocycles. The van der Waals surface area contributed by atoms with Gasteiger partial charge in [-0.1, -0.05) is 45.0 Å². The van der Waals surface area contributed by atoms with Crippen molar-refractivity contribution in [3.63, 3.8) is 0 Å². The van der Waals surface area contributed by atoms with Crippen LogP contribution >= 0.6 is 0 Å². The largest absolute Gasteiger partial charge is 0.490 e. The van der Waals surface area contributed by atoms with Crippen LogP contribution in [0.1, 0.15) is 61.7 Å². The Kier molecular flexibility index (Phi) is 7.19. The second kappa shape index (κ2) is 9.67. The molecule has 0 spiro atoms. The van der Waals surface area contributed by atoms with Crippen LogP contribution in [0.2, 0.25) is 0 Å². The number of hydrogen-bond acceptors (Lipinski definition) is 5. The molecule has 1 aliphatic heterocycles. The summed E-state index contributed by atoms with van der Waals surface area (Å²) in [6.07, 6.45) is 1.25. The Hall–Kier alpha value is -2.62. The number of ether oxygens (including phenoxy) is 3. The van der Waals surface area contributed by atoms with Crippen molar-refractivity contribution >= 4 is 11.3 Å². The summed E-state index contributed by atoms with van der Waals surface area (Å²) in [5, 5.41) is 14.6. The van der Waals surface area contributed by atoms with E-state index < -0.39 is 0 Å². The lowest BCUT2D eigenvalue weighted by molar-refractivity contribution is -0.184. The molecule has 2 aromatic rings. The SMILES string of the molecule is Cc1nn(C)c(/C(OCCC2OCCCO2)=C(\C#N)c2ccc(C(C)(C)C)cc2)c1C. The molecule has 0 aliphatic carbocycles. The summed E-state index contributed by atoms with van der Waals surface area (Å²) in [6.45, 7) is 12.3. The van der Waals surface area contributed by atoms with Crippen molar-refractivity contribution in [1.82, 2.24) is 9.78 Å². The van der Waals surface area contributed by atoms with Crippen LogP contribution < -0.4 is 0 Å². The number of rotatable bonds is 6. The van der Waals surface area contributed by atoms with Crippen LogP contribution in [-0.4, -0.2) is 35.9 Å². The van der Waals surface area contributed by atoms with Crippen LogP contribution in [-0.2, 0) is 26.7 Å². The summed E-state index contributed by atoms with van der Waals surface area (Å²) in [6, 6.07) is 10.5. The van der Waals surface area contributed by atoms with E-state index in [0.29, 0.717) is 37.6 Å². The fourth-order valence-electron chi connectivity index (χ4n) is 3.68. The van der Waals surface area contributed by atoms with Gasteiger partial charge >= 0.3 is 0 Å². The second-order valence-electron chi connectivity index (χ2n) is 8.99. The molecule has 1 aliphatic rings. The summed E-state index contributed by atoms with van der Waals surface area (Å²) in [5.74, 6) is 0.544. The van der Waals surface area contributed by atoms with E-state index in [1.54, 1.807) is 4.68 Å². The predicted molar refractivity (Wildman–Crippen MR) is 121 cm³/mol. The van der Waals surface area contributed by atoms with E-state index in [1.807, 2.05) is 33.0 Å². The molecule has 0 bridgehead atoms. The molecule has 0 atom stereocenters. The van der Waals surface area contributed by atoms with Gasteiger partial charge < -0.3 is 14.2 Å². The lowest BCUT2D eigenvalue weighted by Gasteiger charge is -2.23. The van der Waals surface area contributed by atoms with E-state index in [-0.39, 0.29) is 11.7 Å². The van der Waals surface area contributed by atoms with Crippen LogP contribution in [0.15, 0.2) is 24.3 Å². The summed E-state index contributed by atoms with van der Waals surface area (Å²) >= 11 is 0. The van der Waals surface area contributed by atoms with Gasteiger partial charge in [-0.05, 0) is 36.8 Å². The van der Waals surface area contributed by atoms with Crippen molar-refractivity contribution in [2.75, 3.05) is 19.8 Å². The van der Waals surface area contributed by atoms with Gasteiger partial charge in [-0.25, -0.2) is 0 Å². The van der Waals surface area contributed by atoms with E-state index in [0.717, 1.165) is 28.9 Å². The molecule has 6 heteroatoms. The van der Waals surface area contributed by atoms with Gasteiger partial charge in [0, 0.05) is 19.0 Å². The van der Waals surface area contributed by atoms with E-state index >= 15 is 0 Å². The van der Waals surface area contributed by atoms with Crippen molar-refractivity contribution in [3.05, 3.63) is 52.3 Å². The Morgan fingerprint density at radius 2 is 1.84 bits per heavy atom. The maximum Gasteiger partial charge on any atom is 0.163 e. The van der Waals surface area contributed by atoms with Crippen molar-refractivity contribution < 1.29 is 14.2 Å². The van der Waals surface area contributed by atoms with E-state index in [4.69, 9.17) is 14.2 Å². The normalized spacial score (nSPS) is 16.0. The molecule has 166 valence electrons. The first-order valence-electron chi connectivity index (χ1n) is 10.8. The quantitative estimate of drug-likeness (QED) is 0.488. The molecule has 0 N–H and O–H groups in total. The van der Waals surface area contributed by atoms with E-state index in [9.17, 15) is 5.26 Å². The molecule has 0 saturated carbocycles. The zero-order chi connectivity index (χ0) is 22.6. The molecule has 3 rings (SSSR count). The summed E-state index contributed by atoms with van der Waals surface area (Å²) in [7, 11) is 1.88. The van der Waals surface area contributed by atoms with Gasteiger partial charge in [0.1, 0.15) is 17.3 Å². The Balaban J connectivity index is 1.97. The lowest BCUT2D eigenvalue weighted by atomic mass is 9.86. The van der Waals surface area contributed by atoms with Gasteiger partial charge in [0.15, 0.2) is 12.0 Å². The maximum atomic E-state index is 10.1. The first-order chi connectivity index (χ1) is 14.7. The average molecular weight is 424 g/mol. The highest BCUT2D eigenvalue weighted by Crippen LogP contribution is 2.32. The highest BCUT2D eigenvalue weighted by molar-refractivity contribution is 5.94. The number of hydrogen-bond donors (Lipinski definition) is 0. The van der Waals surface area contributed by atoms with Gasteiger partial charge in [0.25, 0.3) is 0 Å². The molecule has 0 amide bonds. The molecule has 1 saturated heterocycles. The topological polar surface area (TPSA) is 69.3 Å². The Morgan fingerprint density at radius 1 is 1.19 bits per heavy atom. The molecule has 31 heavy (non-hydrogen) atoms. The summed E-state index contributed by atoms with van der Waals surface area (Å²) in [5.41, 5.74) is 5.32. The average Bonchev–Trinajstić information content (AvgIpc) is 2.99. The zero-order valence-electron chi connectivity index (χ0n) is 19.5. The van der Waals surface area contributed by atoms with Gasteiger partial charge in [0.2, 0.25) is 0 Å². The molecule has 1 aromatic carbocycles. The number of benzene rings is 1. The standard InChI is InChI=1S/C25H33N3O3/c1-17-18(2)27-28(6)23(17)24(31-15-12-22-29-13-7-14-30-22)21(16-26)19-8-10-20(11-9-19)25(3,4)5/h8-11,22H,7,12-15H2,1-6H3/b24-21-. The van der Waals surface area contributed by atoms with E-state index in [1.165, 1.54) is 5.56 Å². The van der Waals surface area contributed by atoms with Crippen LogP contribution in [0.4, 0.5) is 0 Å². The van der Waals surface area contributed by atoms with Crippen LogP contribution in [0.3, 0.4) is 0 Å². The minimum Gasteiger partial charge on any atom is -0.490 e. The number of nitrogens with zero attached hydrogens (tertiary/aromatic N) is 3. The van der Waals surface area contributed by atoms with Crippen molar-refractivity contribution in [2.45, 2.75) is 59.2 Å². The lowest BCUT2D eigenvalue weighted by Crippen LogP contribution is -2.26. The van der Waals surface area contributed by atoms with Crippen molar-refractivity contribution in [1.29, 1.82) is 5.26 Å². The highest BCUT2D eigenvalue weighted by atomic mass is 16.7.